The summed E-state index contributed by atoms with van der Waals surface area (Å²) in [6.07, 6.45) is 0. The van der Waals surface area contributed by atoms with Gasteiger partial charge >= 0.3 is 0 Å². The minimum absolute atomic E-state index is 0.115. The third kappa shape index (κ3) is 4.25. The van der Waals surface area contributed by atoms with Crippen molar-refractivity contribution in [3.63, 3.8) is 0 Å². The van der Waals surface area contributed by atoms with Crippen LogP contribution in [0.4, 0.5) is 0 Å². The van der Waals surface area contributed by atoms with Gasteiger partial charge in [0.2, 0.25) is 0 Å². The fourth-order valence-electron chi connectivity index (χ4n) is 0.350. The van der Waals surface area contributed by atoms with Crippen LogP contribution in [0, 0.1) is 0 Å². The number of hydrogen-bond donors (Lipinski definition) is 3. The summed E-state index contributed by atoms with van der Waals surface area (Å²) in [6.45, 7) is 1.57. The Morgan fingerprint density at radius 1 is 1.64 bits per heavy atom. The first-order valence-electron chi connectivity index (χ1n) is 2.89. The quantitative estimate of drug-likeness (QED) is 0.490. The molecule has 0 aliphatic rings. The van der Waals surface area contributed by atoms with Gasteiger partial charge in [-0.25, -0.2) is 4.72 Å². The van der Waals surface area contributed by atoms with Crippen LogP contribution in [0.3, 0.4) is 0 Å². The van der Waals surface area contributed by atoms with Crippen molar-refractivity contribution < 1.29 is 8.42 Å². The molecule has 5 nitrogen and oxygen atoms in total. The Bertz CT molecular complexity index is 236. The maximum Gasteiger partial charge on any atom is 0.277 e. The zero-order valence-electron chi connectivity index (χ0n) is 6.29. The fraction of sp³-hybridized carbons (Fsp3) is 0.750. The molecule has 66 valence electrons. The second kappa shape index (κ2) is 3.96. The Balaban J connectivity index is 4.16. The first kappa shape index (κ1) is 10.8. The number of nitrogens with one attached hydrogen (secondary N) is 2. The molecule has 0 aromatic carbocycles. The Morgan fingerprint density at radius 2 is 2.09 bits per heavy atom. The molecule has 4 N–H and O–H groups in total. The van der Waals surface area contributed by atoms with Crippen molar-refractivity contribution in [2.45, 2.75) is 13.0 Å². The molecule has 1 atom stereocenters. The molecule has 0 aliphatic heterocycles. The molecule has 0 aromatic heterocycles. The van der Waals surface area contributed by atoms with E-state index in [1.165, 1.54) is 7.05 Å². The molecule has 0 aliphatic carbocycles. The Hall–Kier alpha value is -0.240. The summed E-state index contributed by atoms with van der Waals surface area (Å²) >= 11 is 4.56. The molecule has 11 heavy (non-hydrogen) atoms. The molecular formula is C4H11N3O2S2. The number of rotatable bonds is 4. The van der Waals surface area contributed by atoms with Crippen molar-refractivity contribution in [2.75, 3.05) is 7.05 Å². The fourth-order valence-corrected chi connectivity index (χ4v) is 1.19. The molecule has 1 unspecified atom stereocenters. The van der Waals surface area contributed by atoms with E-state index in [9.17, 15) is 8.42 Å². The molecule has 0 aromatic rings. The van der Waals surface area contributed by atoms with E-state index in [0.717, 1.165) is 0 Å². The SMILES string of the molecule is CNS(=O)(=O)NC(C)C(N)=S. The van der Waals surface area contributed by atoms with Gasteiger partial charge < -0.3 is 5.73 Å². The lowest BCUT2D eigenvalue weighted by Crippen LogP contribution is -2.45. The highest BCUT2D eigenvalue weighted by molar-refractivity contribution is 7.87. The molecule has 7 heteroatoms. The van der Waals surface area contributed by atoms with Crippen LogP contribution in [-0.4, -0.2) is 26.5 Å². The summed E-state index contributed by atoms with van der Waals surface area (Å²) in [5, 5.41) is 0. The molecule has 0 radical (unpaired) electrons. The Kier molecular flexibility index (Phi) is 3.87. The van der Waals surface area contributed by atoms with Crippen LogP contribution in [0.15, 0.2) is 0 Å². The lowest BCUT2D eigenvalue weighted by atomic mass is 10.4. The minimum atomic E-state index is -3.43. The third-order valence-corrected chi connectivity index (χ3v) is 2.58. The second-order valence-electron chi connectivity index (χ2n) is 1.95. The van der Waals surface area contributed by atoms with Crippen molar-refractivity contribution in [1.82, 2.24) is 9.44 Å². The average Bonchev–Trinajstić information content (AvgIpc) is 1.87. The highest BCUT2D eigenvalue weighted by Crippen LogP contribution is 1.84. The second-order valence-corrected chi connectivity index (χ2v) is 4.07. The Labute approximate surface area is 71.5 Å². The smallest absolute Gasteiger partial charge is 0.277 e. The molecule has 0 saturated heterocycles. The summed E-state index contributed by atoms with van der Waals surface area (Å²) in [7, 11) is -2.13. The largest absolute Gasteiger partial charge is 0.392 e. The third-order valence-electron chi connectivity index (χ3n) is 1.03. The van der Waals surface area contributed by atoms with Crippen LogP contribution >= 0.6 is 12.2 Å². The summed E-state index contributed by atoms with van der Waals surface area (Å²) in [5.74, 6) is 0. The predicted molar refractivity (Wildman–Crippen MR) is 47.4 cm³/mol. The van der Waals surface area contributed by atoms with Gasteiger partial charge in [0, 0.05) is 7.05 Å². The van der Waals surface area contributed by atoms with Gasteiger partial charge in [-0.3, -0.25) is 0 Å². The standard InChI is InChI=1S/C4H11N3O2S2/c1-3(4(5)10)7-11(8,9)6-2/h3,6-7H,1-2H3,(H2,5,10). The van der Waals surface area contributed by atoms with Crippen LogP contribution in [0.1, 0.15) is 6.92 Å². The van der Waals surface area contributed by atoms with Crippen LogP contribution in [0.2, 0.25) is 0 Å². The van der Waals surface area contributed by atoms with Crippen LogP contribution < -0.4 is 15.2 Å². The molecule has 0 saturated carbocycles. The van der Waals surface area contributed by atoms with E-state index < -0.39 is 16.3 Å². The van der Waals surface area contributed by atoms with Crippen LogP contribution in [-0.2, 0) is 10.2 Å². The van der Waals surface area contributed by atoms with E-state index in [1.807, 2.05) is 0 Å². The number of thiocarbonyl (C=S) groups is 1. The van der Waals surface area contributed by atoms with Crippen LogP contribution in [0.25, 0.3) is 0 Å². The van der Waals surface area contributed by atoms with Gasteiger partial charge in [-0.1, -0.05) is 12.2 Å². The molecular weight excluding hydrogens is 186 g/mol. The summed E-state index contributed by atoms with van der Waals surface area (Å²) in [6, 6.07) is -0.526. The van der Waals surface area contributed by atoms with Gasteiger partial charge in [-0.05, 0) is 6.92 Å². The van der Waals surface area contributed by atoms with E-state index in [2.05, 4.69) is 21.7 Å². The van der Waals surface area contributed by atoms with Gasteiger partial charge in [-0.15, -0.1) is 0 Å². The van der Waals surface area contributed by atoms with Crippen molar-refractivity contribution in [3.8, 4) is 0 Å². The highest BCUT2D eigenvalue weighted by atomic mass is 32.2. The van der Waals surface area contributed by atoms with E-state index >= 15 is 0 Å². The Morgan fingerprint density at radius 3 is 2.36 bits per heavy atom. The molecule has 0 rings (SSSR count). The lowest BCUT2D eigenvalue weighted by molar-refractivity contribution is 0.570. The maximum atomic E-state index is 10.8. The van der Waals surface area contributed by atoms with Gasteiger partial charge in [-0.2, -0.15) is 13.1 Å². The molecule has 0 amide bonds. The van der Waals surface area contributed by atoms with Crippen molar-refractivity contribution in [1.29, 1.82) is 0 Å². The average molecular weight is 197 g/mol. The summed E-state index contributed by atoms with van der Waals surface area (Å²) in [5.41, 5.74) is 5.17. The van der Waals surface area contributed by atoms with E-state index in [1.54, 1.807) is 6.92 Å². The van der Waals surface area contributed by atoms with Crippen LogP contribution in [0.5, 0.6) is 0 Å². The van der Waals surface area contributed by atoms with E-state index in [-0.39, 0.29) is 4.99 Å². The number of hydrogen-bond acceptors (Lipinski definition) is 3. The van der Waals surface area contributed by atoms with Crippen molar-refractivity contribution in [3.05, 3.63) is 0 Å². The normalized spacial score (nSPS) is 14.4. The first-order chi connectivity index (χ1) is 4.89. The molecule has 0 spiro atoms. The monoisotopic (exact) mass is 197 g/mol. The zero-order valence-corrected chi connectivity index (χ0v) is 7.92. The highest BCUT2D eigenvalue weighted by Gasteiger charge is 2.12. The van der Waals surface area contributed by atoms with E-state index in [4.69, 9.17) is 5.73 Å². The molecule has 0 heterocycles. The van der Waals surface area contributed by atoms with Crippen molar-refractivity contribution >= 4 is 27.4 Å². The lowest BCUT2D eigenvalue weighted by Gasteiger charge is -2.10. The van der Waals surface area contributed by atoms with E-state index in [0.29, 0.717) is 0 Å². The minimum Gasteiger partial charge on any atom is -0.392 e. The van der Waals surface area contributed by atoms with Gasteiger partial charge in [0.25, 0.3) is 10.2 Å². The van der Waals surface area contributed by atoms with Gasteiger partial charge in [0.15, 0.2) is 0 Å². The van der Waals surface area contributed by atoms with Gasteiger partial charge in [0.1, 0.15) is 0 Å². The molecule has 0 fully saturated rings. The summed E-state index contributed by atoms with van der Waals surface area (Å²) in [4.78, 5) is 0.115. The number of nitrogens with two attached hydrogens (primary N) is 1. The molecule has 0 bridgehead atoms. The maximum absolute atomic E-state index is 10.8. The predicted octanol–water partition coefficient (Wildman–Crippen LogP) is -1.29. The zero-order chi connectivity index (χ0) is 9.07. The summed E-state index contributed by atoms with van der Waals surface area (Å²) < 4.78 is 25.8. The first-order valence-corrected chi connectivity index (χ1v) is 4.78. The van der Waals surface area contributed by atoms with Crippen molar-refractivity contribution in [2.24, 2.45) is 5.73 Å². The van der Waals surface area contributed by atoms with Gasteiger partial charge in [0.05, 0.1) is 11.0 Å². The topological polar surface area (TPSA) is 84.2 Å².